The van der Waals surface area contributed by atoms with Gasteiger partial charge in [-0.15, -0.1) is 0 Å². The Morgan fingerprint density at radius 1 is 0.792 bits per heavy atom. The summed E-state index contributed by atoms with van der Waals surface area (Å²) >= 11 is 5.90. The summed E-state index contributed by atoms with van der Waals surface area (Å²) < 4.78 is 0. The van der Waals surface area contributed by atoms with E-state index in [9.17, 15) is 10.1 Å². The van der Waals surface area contributed by atoms with Crippen LogP contribution in [0.25, 0.3) is 0 Å². The van der Waals surface area contributed by atoms with Gasteiger partial charge >= 0.3 is 0 Å². The number of halogens is 1. The molecular weight excluding hydrogens is 318 g/mol. The molecule has 0 unspecified atom stereocenters. The molecule has 0 spiro atoms. The Morgan fingerprint density at radius 3 is 1.83 bits per heavy atom. The van der Waals surface area contributed by atoms with E-state index in [-0.39, 0.29) is 11.7 Å². The third kappa shape index (κ3) is 3.37. The Labute approximate surface area is 145 Å². The van der Waals surface area contributed by atoms with Gasteiger partial charge in [-0.3, -0.25) is 4.79 Å². The van der Waals surface area contributed by atoms with Gasteiger partial charge in [0.1, 0.15) is 0 Å². The molecule has 0 fully saturated rings. The Balaban J connectivity index is 1.87. The molecule has 0 saturated heterocycles. The van der Waals surface area contributed by atoms with Crippen molar-refractivity contribution in [2.24, 2.45) is 0 Å². The Morgan fingerprint density at radius 2 is 1.29 bits per heavy atom. The van der Waals surface area contributed by atoms with Crippen molar-refractivity contribution in [3.05, 3.63) is 106 Å². The van der Waals surface area contributed by atoms with Crippen molar-refractivity contribution in [1.29, 1.82) is 5.26 Å². The van der Waals surface area contributed by atoms with Gasteiger partial charge in [-0.05, 0) is 23.3 Å². The summed E-state index contributed by atoms with van der Waals surface area (Å²) in [5.41, 5.74) is 2.99. The summed E-state index contributed by atoms with van der Waals surface area (Å²) in [4.78, 5) is 12.4. The summed E-state index contributed by atoms with van der Waals surface area (Å²) in [7, 11) is 0. The second-order valence-corrected chi connectivity index (χ2v) is 5.87. The lowest BCUT2D eigenvalue weighted by Gasteiger charge is -2.11. The van der Waals surface area contributed by atoms with Crippen molar-refractivity contribution in [3.8, 4) is 6.07 Å². The van der Waals surface area contributed by atoms with Crippen LogP contribution < -0.4 is 0 Å². The highest BCUT2D eigenvalue weighted by Gasteiger charge is 2.15. The predicted molar refractivity (Wildman–Crippen MR) is 95.2 cm³/mol. The fourth-order valence-corrected chi connectivity index (χ4v) is 2.71. The van der Waals surface area contributed by atoms with E-state index in [1.165, 1.54) is 0 Å². The van der Waals surface area contributed by atoms with Crippen LogP contribution in [0.1, 0.15) is 33.0 Å². The van der Waals surface area contributed by atoms with Gasteiger partial charge in [0.15, 0.2) is 5.78 Å². The highest BCUT2D eigenvalue weighted by molar-refractivity contribution is 6.30. The summed E-state index contributed by atoms with van der Waals surface area (Å²) in [6, 6.07) is 25.9. The number of ketones is 1. The third-order valence-electron chi connectivity index (χ3n) is 3.87. The van der Waals surface area contributed by atoms with Crippen LogP contribution in [0.2, 0.25) is 5.02 Å². The Hall–Kier alpha value is -2.89. The predicted octanol–water partition coefficient (Wildman–Crippen LogP) is 5.23. The summed E-state index contributed by atoms with van der Waals surface area (Å²) in [5, 5.41) is 10.1. The smallest absolute Gasteiger partial charge is 0.193 e. The van der Waals surface area contributed by atoms with E-state index in [1.54, 1.807) is 36.4 Å². The molecule has 0 saturated carbocycles. The zero-order chi connectivity index (χ0) is 16.9. The lowest BCUT2D eigenvalue weighted by molar-refractivity contribution is 0.103. The minimum Gasteiger partial charge on any atom is -0.289 e. The van der Waals surface area contributed by atoms with Gasteiger partial charge < -0.3 is 0 Å². The first-order valence-electron chi connectivity index (χ1n) is 7.54. The first-order chi connectivity index (χ1) is 11.7. The molecule has 116 valence electrons. The number of rotatable bonds is 4. The second kappa shape index (κ2) is 7.12. The summed E-state index contributed by atoms with van der Waals surface area (Å²) in [5.74, 6) is -0.412. The molecule has 3 aromatic carbocycles. The molecule has 0 radical (unpaired) electrons. The molecule has 2 nitrogen and oxygen atoms in total. The van der Waals surface area contributed by atoms with Crippen LogP contribution in [0.5, 0.6) is 0 Å². The largest absolute Gasteiger partial charge is 0.289 e. The van der Waals surface area contributed by atoms with Gasteiger partial charge in [-0.25, -0.2) is 0 Å². The van der Waals surface area contributed by atoms with Crippen molar-refractivity contribution >= 4 is 17.4 Å². The molecule has 0 aliphatic heterocycles. The van der Waals surface area contributed by atoms with Crippen molar-refractivity contribution in [2.45, 2.75) is 5.92 Å². The van der Waals surface area contributed by atoms with Crippen LogP contribution >= 0.6 is 11.6 Å². The second-order valence-electron chi connectivity index (χ2n) is 5.43. The fraction of sp³-hybridized carbons (Fsp3) is 0.0476. The van der Waals surface area contributed by atoms with Crippen molar-refractivity contribution < 1.29 is 4.79 Å². The molecule has 0 amide bonds. The highest BCUT2D eigenvalue weighted by Crippen LogP contribution is 2.26. The SMILES string of the molecule is N#C[C@H](c1ccc(Cl)cc1)c1ccc(C(=O)c2ccccc2)cc1. The first-order valence-corrected chi connectivity index (χ1v) is 7.91. The highest BCUT2D eigenvalue weighted by atomic mass is 35.5. The van der Waals surface area contributed by atoms with Crippen molar-refractivity contribution in [3.63, 3.8) is 0 Å². The van der Waals surface area contributed by atoms with Gasteiger partial charge in [0.05, 0.1) is 12.0 Å². The number of hydrogen-bond acceptors (Lipinski definition) is 2. The van der Waals surface area contributed by atoms with Gasteiger partial charge in [-0.1, -0.05) is 78.3 Å². The molecule has 1 atom stereocenters. The number of nitriles is 1. The molecule has 3 heteroatoms. The quantitative estimate of drug-likeness (QED) is 0.614. The van der Waals surface area contributed by atoms with Gasteiger partial charge in [0.2, 0.25) is 0 Å². The van der Waals surface area contributed by atoms with Crippen LogP contribution in [0.3, 0.4) is 0 Å². The minimum atomic E-state index is -0.386. The van der Waals surface area contributed by atoms with E-state index in [4.69, 9.17) is 11.6 Å². The Bertz CT molecular complexity index is 878. The standard InChI is InChI=1S/C21H14ClNO/c22-19-12-10-16(11-13-19)20(14-23)15-6-8-18(9-7-15)21(24)17-4-2-1-3-5-17/h1-13,20H/t20-/m0/s1. The monoisotopic (exact) mass is 331 g/mol. The van der Waals surface area contributed by atoms with Crippen LogP contribution in [0.15, 0.2) is 78.9 Å². The van der Waals surface area contributed by atoms with E-state index in [1.807, 2.05) is 42.5 Å². The molecule has 0 heterocycles. The van der Waals surface area contributed by atoms with Gasteiger partial charge in [-0.2, -0.15) is 5.26 Å². The third-order valence-corrected chi connectivity index (χ3v) is 4.13. The molecule has 0 aromatic heterocycles. The maximum absolute atomic E-state index is 12.4. The topological polar surface area (TPSA) is 40.9 Å². The van der Waals surface area contributed by atoms with E-state index in [0.717, 1.165) is 11.1 Å². The van der Waals surface area contributed by atoms with E-state index >= 15 is 0 Å². The van der Waals surface area contributed by atoms with Gasteiger partial charge in [0.25, 0.3) is 0 Å². The number of hydrogen-bond donors (Lipinski definition) is 0. The van der Waals surface area contributed by atoms with Crippen molar-refractivity contribution in [2.75, 3.05) is 0 Å². The van der Waals surface area contributed by atoms with Crippen LogP contribution in [0.4, 0.5) is 0 Å². The maximum atomic E-state index is 12.4. The first kappa shape index (κ1) is 16.0. The molecule has 3 aromatic rings. The number of benzene rings is 3. The molecule has 0 aliphatic carbocycles. The molecule has 0 aliphatic rings. The van der Waals surface area contributed by atoms with Crippen LogP contribution in [-0.2, 0) is 0 Å². The zero-order valence-electron chi connectivity index (χ0n) is 12.8. The number of carbonyl (C=O) groups excluding carboxylic acids is 1. The maximum Gasteiger partial charge on any atom is 0.193 e. The van der Waals surface area contributed by atoms with Crippen LogP contribution in [0, 0.1) is 11.3 Å². The molecule has 0 N–H and O–H groups in total. The van der Waals surface area contributed by atoms with Gasteiger partial charge in [0, 0.05) is 16.1 Å². The molecule has 3 rings (SSSR count). The van der Waals surface area contributed by atoms with Crippen molar-refractivity contribution in [1.82, 2.24) is 0 Å². The normalized spacial score (nSPS) is 11.5. The number of nitrogens with zero attached hydrogens (tertiary/aromatic N) is 1. The fourth-order valence-electron chi connectivity index (χ4n) is 2.58. The molecule has 0 bridgehead atoms. The van der Waals surface area contributed by atoms with E-state index in [2.05, 4.69) is 6.07 Å². The lowest BCUT2D eigenvalue weighted by atomic mass is 9.91. The number of carbonyl (C=O) groups is 1. The van der Waals surface area contributed by atoms with Crippen LogP contribution in [-0.4, -0.2) is 5.78 Å². The van der Waals surface area contributed by atoms with E-state index < -0.39 is 0 Å². The van der Waals surface area contributed by atoms with E-state index in [0.29, 0.717) is 16.1 Å². The molecular formula is C21H14ClNO. The zero-order valence-corrected chi connectivity index (χ0v) is 13.6. The summed E-state index contributed by atoms with van der Waals surface area (Å²) in [6.07, 6.45) is 0. The Kier molecular flexibility index (Phi) is 4.74. The lowest BCUT2D eigenvalue weighted by Crippen LogP contribution is -2.03. The average Bonchev–Trinajstić information content (AvgIpc) is 2.64. The molecule has 24 heavy (non-hydrogen) atoms. The summed E-state index contributed by atoms with van der Waals surface area (Å²) in [6.45, 7) is 0. The minimum absolute atomic E-state index is 0.0258. The average molecular weight is 332 g/mol.